The molecule has 1 aromatic heterocycles. The number of amides is 2. The van der Waals surface area contributed by atoms with E-state index in [1.54, 1.807) is 28.8 Å². The van der Waals surface area contributed by atoms with Crippen LogP contribution >= 0.6 is 11.8 Å². The molecule has 3 aliphatic heterocycles. The Hall–Kier alpha value is -2.55. The normalized spacial score (nSPS) is 24.5. The van der Waals surface area contributed by atoms with Crippen LogP contribution in [-0.4, -0.2) is 54.7 Å². The van der Waals surface area contributed by atoms with Crippen LogP contribution in [0, 0.1) is 0 Å². The Labute approximate surface area is 135 Å². The fourth-order valence-corrected chi connectivity index (χ4v) is 3.92. The predicted molar refractivity (Wildman–Crippen MR) is 80.6 cm³/mol. The second-order valence-corrected chi connectivity index (χ2v) is 6.49. The van der Waals surface area contributed by atoms with Gasteiger partial charge >= 0.3 is 5.97 Å². The molecule has 1 saturated heterocycles. The van der Waals surface area contributed by atoms with Crippen molar-refractivity contribution in [3.8, 4) is 0 Å². The van der Waals surface area contributed by atoms with Gasteiger partial charge in [0, 0.05) is 18.7 Å². The molecular weight excluding hydrogens is 320 g/mol. The second-order valence-electron chi connectivity index (χ2n) is 5.53. The molecule has 0 aromatic carbocycles. The van der Waals surface area contributed by atoms with Gasteiger partial charge in [0.1, 0.15) is 23.4 Å². The monoisotopic (exact) mass is 332 g/mol. The third-order valence-electron chi connectivity index (χ3n) is 4.04. The van der Waals surface area contributed by atoms with Crippen LogP contribution in [0.15, 0.2) is 22.9 Å². The number of fused-ring (bicyclic) bond motifs is 2. The van der Waals surface area contributed by atoms with Crippen LogP contribution in [0.25, 0.3) is 6.08 Å². The number of carboxylic acid groups (broad SMARTS) is 1. The van der Waals surface area contributed by atoms with Crippen LogP contribution in [0.2, 0.25) is 0 Å². The number of carboxylic acids is 1. The van der Waals surface area contributed by atoms with E-state index in [1.165, 1.54) is 22.1 Å². The molecule has 1 N–H and O–H groups in total. The highest BCUT2D eigenvalue weighted by Gasteiger charge is 2.49. The van der Waals surface area contributed by atoms with Crippen molar-refractivity contribution in [2.24, 2.45) is 0 Å². The lowest BCUT2D eigenvalue weighted by Gasteiger charge is -2.36. The number of aromatic nitrogens is 2. The van der Waals surface area contributed by atoms with Crippen LogP contribution in [0.4, 0.5) is 0 Å². The van der Waals surface area contributed by atoms with Crippen molar-refractivity contribution in [2.45, 2.75) is 18.5 Å². The fourth-order valence-electron chi connectivity index (χ4n) is 2.80. The van der Waals surface area contributed by atoms with E-state index in [4.69, 9.17) is 5.11 Å². The molecule has 3 aliphatic rings. The Kier molecular flexibility index (Phi) is 2.89. The average molecular weight is 332 g/mol. The van der Waals surface area contributed by atoms with Gasteiger partial charge in [-0.15, -0.1) is 11.8 Å². The summed E-state index contributed by atoms with van der Waals surface area (Å²) in [6.45, 7) is 0.677. The van der Waals surface area contributed by atoms with Gasteiger partial charge in [-0.3, -0.25) is 14.5 Å². The zero-order chi connectivity index (χ0) is 16.3. The minimum atomic E-state index is -1.11. The van der Waals surface area contributed by atoms with Gasteiger partial charge in [0.05, 0.1) is 17.8 Å². The maximum atomic E-state index is 12.2. The quantitative estimate of drug-likeness (QED) is 0.609. The number of aliphatic carboxylic acids is 1. The SMILES string of the molecule is CN1Cc2nc(/C=C3/C(=O)N4C(C(=O)O)=CSC34)cn2CC1=O. The molecule has 1 atom stereocenters. The third kappa shape index (κ3) is 2.00. The second kappa shape index (κ2) is 4.72. The van der Waals surface area contributed by atoms with Gasteiger partial charge in [-0.2, -0.15) is 0 Å². The van der Waals surface area contributed by atoms with Crippen molar-refractivity contribution >= 4 is 35.6 Å². The van der Waals surface area contributed by atoms with E-state index >= 15 is 0 Å². The zero-order valence-electron chi connectivity index (χ0n) is 12.1. The van der Waals surface area contributed by atoms with Gasteiger partial charge in [0.25, 0.3) is 5.91 Å². The molecule has 1 unspecified atom stereocenters. The summed E-state index contributed by atoms with van der Waals surface area (Å²) in [5.41, 5.74) is 1.15. The number of β-lactam (4-membered cyclic amide) rings is 1. The molecule has 0 spiro atoms. The van der Waals surface area contributed by atoms with E-state index in [1.807, 2.05) is 0 Å². The standard InChI is InChI=1S/C14H12N4O4S/c1-16-4-10-15-7(3-17(10)5-11(16)19)2-8-12(20)18-9(14(21)22)6-23-13(8)18/h2-3,6,13H,4-5H2,1H3,(H,21,22)/b8-2-. The summed E-state index contributed by atoms with van der Waals surface area (Å²) < 4.78 is 1.78. The van der Waals surface area contributed by atoms with Crippen LogP contribution in [0.1, 0.15) is 11.5 Å². The molecule has 0 bridgehead atoms. The third-order valence-corrected chi connectivity index (χ3v) is 5.13. The number of likely N-dealkylation sites (N-methyl/N-ethyl adjacent to an activating group) is 1. The van der Waals surface area contributed by atoms with Crippen molar-refractivity contribution < 1.29 is 19.5 Å². The highest BCUT2D eigenvalue weighted by atomic mass is 32.2. The first-order chi connectivity index (χ1) is 11.0. The molecule has 1 aromatic rings. The minimum Gasteiger partial charge on any atom is -0.477 e. The van der Waals surface area contributed by atoms with Gasteiger partial charge in [0.15, 0.2) is 0 Å². The molecule has 9 heteroatoms. The highest BCUT2D eigenvalue weighted by molar-refractivity contribution is 8.03. The van der Waals surface area contributed by atoms with E-state index in [2.05, 4.69) is 4.98 Å². The molecule has 4 heterocycles. The molecule has 0 aliphatic carbocycles. The topological polar surface area (TPSA) is 95.7 Å². The van der Waals surface area contributed by atoms with Crippen molar-refractivity contribution in [2.75, 3.05) is 7.05 Å². The summed E-state index contributed by atoms with van der Waals surface area (Å²) in [6.07, 6.45) is 3.42. The van der Waals surface area contributed by atoms with Gasteiger partial charge in [0.2, 0.25) is 5.91 Å². The van der Waals surface area contributed by atoms with Crippen LogP contribution < -0.4 is 0 Å². The predicted octanol–water partition coefficient (Wildman–Crippen LogP) is 0.0796. The summed E-state index contributed by atoms with van der Waals surface area (Å²) in [5.74, 6) is -0.633. The number of imidazole rings is 1. The minimum absolute atomic E-state index is 0.0125. The molecule has 0 saturated carbocycles. The Morgan fingerprint density at radius 2 is 2.22 bits per heavy atom. The molecule has 23 heavy (non-hydrogen) atoms. The van der Waals surface area contributed by atoms with Crippen molar-refractivity contribution in [3.63, 3.8) is 0 Å². The van der Waals surface area contributed by atoms with Crippen LogP contribution in [0.3, 0.4) is 0 Å². The van der Waals surface area contributed by atoms with Crippen LogP contribution in [-0.2, 0) is 27.5 Å². The van der Waals surface area contributed by atoms with Crippen LogP contribution in [0.5, 0.6) is 0 Å². The molecular formula is C14H12N4O4S. The summed E-state index contributed by atoms with van der Waals surface area (Å²) >= 11 is 1.29. The lowest BCUT2D eigenvalue weighted by atomic mass is 10.0. The first kappa shape index (κ1) is 14.1. The number of nitrogens with zero attached hydrogens (tertiary/aromatic N) is 4. The lowest BCUT2D eigenvalue weighted by molar-refractivity contribution is -0.141. The number of hydrogen-bond acceptors (Lipinski definition) is 5. The summed E-state index contributed by atoms with van der Waals surface area (Å²) in [7, 11) is 1.72. The lowest BCUT2D eigenvalue weighted by Crippen LogP contribution is -2.51. The van der Waals surface area contributed by atoms with Gasteiger partial charge < -0.3 is 14.6 Å². The zero-order valence-corrected chi connectivity index (χ0v) is 12.9. The average Bonchev–Trinajstić information content (AvgIpc) is 3.06. The van der Waals surface area contributed by atoms with E-state index < -0.39 is 5.97 Å². The smallest absolute Gasteiger partial charge is 0.353 e. The molecule has 118 valence electrons. The highest BCUT2D eigenvalue weighted by Crippen LogP contribution is 2.45. The summed E-state index contributed by atoms with van der Waals surface area (Å²) in [5, 5.41) is 10.2. The number of hydrogen-bond donors (Lipinski definition) is 1. The van der Waals surface area contributed by atoms with Crippen molar-refractivity contribution in [1.29, 1.82) is 0 Å². The van der Waals surface area contributed by atoms with Gasteiger partial charge in [-0.1, -0.05) is 0 Å². The van der Waals surface area contributed by atoms with E-state index in [0.717, 1.165) is 5.82 Å². The number of carbonyl (C=O) groups is 3. The van der Waals surface area contributed by atoms with Crippen molar-refractivity contribution in [3.05, 3.63) is 34.4 Å². The number of thioether (sulfide) groups is 1. The first-order valence-electron chi connectivity index (χ1n) is 6.90. The van der Waals surface area contributed by atoms with Gasteiger partial charge in [-0.25, -0.2) is 9.78 Å². The van der Waals surface area contributed by atoms with Gasteiger partial charge in [-0.05, 0) is 6.08 Å². The fraction of sp³-hybridized carbons (Fsp3) is 0.286. The van der Waals surface area contributed by atoms with Crippen molar-refractivity contribution in [1.82, 2.24) is 19.4 Å². The Morgan fingerprint density at radius 3 is 2.96 bits per heavy atom. The number of carbonyl (C=O) groups excluding carboxylic acids is 2. The maximum absolute atomic E-state index is 12.2. The molecule has 4 rings (SSSR count). The molecule has 1 fully saturated rings. The Morgan fingerprint density at radius 1 is 1.43 bits per heavy atom. The Bertz CT molecular complexity index is 825. The number of rotatable bonds is 2. The first-order valence-corrected chi connectivity index (χ1v) is 7.84. The van der Waals surface area contributed by atoms with E-state index in [9.17, 15) is 14.4 Å². The Balaban J connectivity index is 1.59. The summed E-state index contributed by atoms with van der Waals surface area (Å²) in [4.78, 5) is 42.2. The molecule has 2 amide bonds. The molecule has 8 nitrogen and oxygen atoms in total. The largest absolute Gasteiger partial charge is 0.477 e. The maximum Gasteiger partial charge on any atom is 0.353 e. The van der Waals surface area contributed by atoms with E-state index in [0.29, 0.717) is 17.8 Å². The summed E-state index contributed by atoms with van der Waals surface area (Å²) in [6, 6.07) is 0. The molecule has 0 radical (unpaired) electrons. The van der Waals surface area contributed by atoms with E-state index in [-0.39, 0.29) is 29.4 Å².